The molecular formula is C20H33N. The zero-order chi connectivity index (χ0) is 15.1. The predicted molar refractivity (Wildman–Crippen MR) is 92.8 cm³/mol. The van der Waals surface area contributed by atoms with Crippen LogP contribution in [0.15, 0.2) is 24.3 Å². The summed E-state index contributed by atoms with van der Waals surface area (Å²) in [5.41, 5.74) is 2.99. The zero-order valence-electron chi connectivity index (χ0n) is 14.2. The van der Waals surface area contributed by atoms with Crippen LogP contribution in [-0.2, 0) is 0 Å². The van der Waals surface area contributed by atoms with Crippen molar-refractivity contribution in [3.63, 3.8) is 0 Å². The van der Waals surface area contributed by atoms with Crippen LogP contribution in [0, 0.1) is 5.92 Å². The molecule has 2 atom stereocenters. The highest BCUT2D eigenvalue weighted by molar-refractivity contribution is 5.27. The van der Waals surface area contributed by atoms with Crippen LogP contribution in [0.4, 0.5) is 0 Å². The van der Waals surface area contributed by atoms with Crippen molar-refractivity contribution in [3.05, 3.63) is 35.4 Å². The lowest BCUT2D eigenvalue weighted by Crippen LogP contribution is -2.30. The van der Waals surface area contributed by atoms with E-state index >= 15 is 0 Å². The largest absolute Gasteiger partial charge is 0.310 e. The van der Waals surface area contributed by atoms with Crippen LogP contribution in [0.3, 0.4) is 0 Å². The van der Waals surface area contributed by atoms with Crippen LogP contribution in [-0.4, -0.2) is 6.54 Å². The summed E-state index contributed by atoms with van der Waals surface area (Å²) in [5.74, 6) is 1.51. The molecule has 2 rings (SSSR count). The van der Waals surface area contributed by atoms with E-state index in [-0.39, 0.29) is 0 Å². The van der Waals surface area contributed by atoms with Gasteiger partial charge in [-0.15, -0.1) is 0 Å². The van der Waals surface area contributed by atoms with E-state index in [1.54, 1.807) is 0 Å². The molecule has 1 heteroatoms. The normalized spacial score (nSPS) is 19.4. The van der Waals surface area contributed by atoms with Gasteiger partial charge in [0, 0.05) is 6.04 Å². The van der Waals surface area contributed by atoms with Crippen molar-refractivity contribution >= 4 is 0 Å². The molecule has 0 aromatic heterocycles. The second-order valence-electron chi connectivity index (χ2n) is 6.81. The molecule has 0 amide bonds. The molecule has 2 unspecified atom stereocenters. The standard InChI is InChI=1S/C20H33N/c1-4-15-21-20(18-9-7-6-8-10-18)19-13-11-17(12-14-19)16(3)5-2/h11-14,16,18,20-21H,4-10,15H2,1-3H3. The topological polar surface area (TPSA) is 12.0 Å². The Balaban J connectivity index is 2.11. The lowest BCUT2D eigenvalue weighted by molar-refractivity contribution is 0.272. The Kier molecular flexibility index (Phi) is 6.76. The van der Waals surface area contributed by atoms with Gasteiger partial charge in [0.1, 0.15) is 0 Å². The number of hydrogen-bond acceptors (Lipinski definition) is 1. The van der Waals surface area contributed by atoms with E-state index in [1.807, 2.05) is 0 Å². The summed E-state index contributed by atoms with van der Waals surface area (Å²) >= 11 is 0. The minimum absolute atomic E-state index is 0.566. The van der Waals surface area contributed by atoms with Gasteiger partial charge < -0.3 is 5.32 Å². The SMILES string of the molecule is CCCNC(c1ccc(C(C)CC)cc1)C1CCCCC1. The molecule has 0 spiro atoms. The molecule has 1 nitrogen and oxygen atoms in total. The van der Waals surface area contributed by atoms with E-state index in [4.69, 9.17) is 0 Å². The number of nitrogens with one attached hydrogen (secondary N) is 1. The van der Waals surface area contributed by atoms with Crippen molar-refractivity contribution in [3.8, 4) is 0 Å². The van der Waals surface area contributed by atoms with Crippen LogP contribution in [0.25, 0.3) is 0 Å². The lowest BCUT2D eigenvalue weighted by Gasteiger charge is -2.31. The van der Waals surface area contributed by atoms with Crippen molar-refractivity contribution in [2.75, 3.05) is 6.54 Å². The summed E-state index contributed by atoms with van der Waals surface area (Å²) in [6.07, 6.45) is 9.50. The average molecular weight is 287 g/mol. The van der Waals surface area contributed by atoms with Crippen LogP contribution in [0.1, 0.15) is 88.8 Å². The summed E-state index contributed by atoms with van der Waals surface area (Å²) in [5, 5.41) is 3.82. The molecule has 1 N–H and O–H groups in total. The fraction of sp³-hybridized carbons (Fsp3) is 0.700. The molecule has 1 aromatic carbocycles. The highest BCUT2D eigenvalue weighted by Gasteiger charge is 2.24. The Morgan fingerprint density at radius 3 is 2.19 bits per heavy atom. The maximum atomic E-state index is 3.82. The summed E-state index contributed by atoms with van der Waals surface area (Å²) in [6.45, 7) is 7.99. The van der Waals surface area contributed by atoms with E-state index in [1.165, 1.54) is 56.1 Å². The summed E-state index contributed by atoms with van der Waals surface area (Å²) < 4.78 is 0. The Morgan fingerprint density at radius 2 is 1.62 bits per heavy atom. The van der Waals surface area contributed by atoms with Crippen LogP contribution in [0.2, 0.25) is 0 Å². The third-order valence-electron chi connectivity index (χ3n) is 5.21. The molecule has 1 fully saturated rings. The molecule has 0 aliphatic heterocycles. The minimum atomic E-state index is 0.566. The van der Waals surface area contributed by atoms with Gasteiger partial charge in [0.25, 0.3) is 0 Å². The molecule has 0 bridgehead atoms. The smallest absolute Gasteiger partial charge is 0.0348 e. The highest BCUT2D eigenvalue weighted by Crippen LogP contribution is 2.35. The summed E-state index contributed by atoms with van der Waals surface area (Å²) in [7, 11) is 0. The molecule has 0 heterocycles. The van der Waals surface area contributed by atoms with Crippen molar-refractivity contribution in [1.82, 2.24) is 5.32 Å². The summed E-state index contributed by atoms with van der Waals surface area (Å²) in [6, 6.07) is 10.0. The van der Waals surface area contributed by atoms with Crippen molar-refractivity contribution < 1.29 is 0 Å². The maximum absolute atomic E-state index is 3.82. The Morgan fingerprint density at radius 1 is 1.00 bits per heavy atom. The van der Waals surface area contributed by atoms with E-state index in [9.17, 15) is 0 Å². The fourth-order valence-electron chi connectivity index (χ4n) is 3.59. The first-order valence-electron chi connectivity index (χ1n) is 9.09. The monoisotopic (exact) mass is 287 g/mol. The number of rotatable bonds is 7. The first kappa shape index (κ1) is 16.5. The van der Waals surface area contributed by atoms with Gasteiger partial charge in [-0.2, -0.15) is 0 Å². The van der Waals surface area contributed by atoms with Crippen molar-refractivity contribution in [2.45, 2.75) is 77.7 Å². The quantitative estimate of drug-likeness (QED) is 0.666. The molecule has 0 saturated heterocycles. The molecule has 1 aromatic rings. The zero-order valence-corrected chi connectivity index (χ0v) is 14.2. The highest BCUT2D eigenvalue weighted by atomic mass is 14.9. The summed E-state index contributed by atoms with van der Waals surface area (Å²) in [4.78, 5) is 0. The van der Waals surface area contributed by atoms with E-state index < -0.39 is 0 Å². The molecular weight excluding hydrogens is 254 g/mol. The number of hydrogen-bond donors (Lipinski definition) is 1. The van der Waals surface area contributed by atoms with E-state index in [0.29, 0.717) is 12.0 Å². The van der Waals surface area contributed by atoms with Gasteiger partial charge in [0.15, 0.2) is 0 Å². The van der Waals surface area contributed by atoms with Gasteiger partial charge in [0.2, 0.25) is 0 Å². The van der Waals surface area contributed by atoms with Crippen LogP contribution >= 0.6 is 0 Å². The van der Waals surface area contributed by atoms with Gasteiger partial charge in [0.05, 0.1) is 0 Å². The molecule has 118 valence electrons. The first-order chi connectivity index (χ1) is 10.3. The molecule has 21 heavy (non-hydrogen) atoms. The molecule has 1 aliphatic carbocycles. The Hall–Kier alpha value is -0.820. The Labute approximate surface area is 131 Å². The lowest BCUT2D eigenvalue weighted by atomic mass is 9.80. The minimum Gasteiger partial charge on any atom is -0.310 e. The van der Waals surface area contributed by atoms with Gasteiger partial charge in [-0.3, -0.25) is 0 Å². The average Bonchev–Trinajstić information content (AvgIpc) is 2.56. The molecule has 0 radical (unpaired) electrons. The maximum Gasteiger partial charge on any atom is 0.0348 e. The second kappa shape index (κ2) is 8.58. The Bertz CT molecular complexity index is 389. The van der Waals surface area contributed by atoms with Crippen LogP contribution in [0.5, 0.6) is 0 Å². The van der Waals surface area contributed by atoms with E-state index in [0.717, 1.165) is 12.5 Å². The predicted octanol–water partition coefficient (Wildman–Crippen LogP) is 5.82. The van der Waals surface area contributed by atoms with Gasteiger partial charge in [-0.25, -0.2) is 0 Å². The van der Waals surface area contributed by atoms with Crippen molar-refractivity contribution in [1.29, 1.82) is 0 Å². The van der Waals surface area contributed by atoms with Gasteiger partial charge >= 0.3 is 0 Å². The van der Waals surface area contributed by atoms with Crippen molar-refractivity contribution in [2.24, 2.45) is 5.92 Å². The van der Waals surface area contributed by atoms with Gasteiger partial charge in [-0.1, -0.05) is 64.3 Å². The third kappa shape index (κ3) is 4.57. The fourth-order valence-corrected chi connectivity index (χ4v) is 3.59. The van der Waals surface area contributed by atoms with Gasteiger partial charge in [-0.05, 0) is 55.2 Å². The third-order valence-corrected chi connectivity index (χ3v) is 5.21. The van der Waals surface area contributed by atoms with E-state index in [2.05, 4.69) is 50.4 Å². The second-order valence-corrected chi connectivity index (χ2v) is 6.81. The molecule has 1 saturated carbocycles. The number of benzene rings is 1. The van der Waals surface area contributed by atoms with Crippen LogP contribution < -0.4 is 5.32 Å². The first-order valence-corrected chi connectivity index (χ1v) is 9.09. The molecule has 1 aliphatic rings.